The third kappa shape index (κ3) is 5.48. The molecule has 10 aromatic carbocycles. The number of hydrogen-bond acceptors (Lipinski definition) is 3. The highest BCUT2D eigenvalue weighted by molar-refractivity contribution is 6.18. The molecular weight excluding hydrogens is 855 g/mol. The lowest BCUT2D eigenvalue weighted by Crippen LogP contribution is -2.11. The second kappa shape index (κ2) is 15.0. The first-order valence-corrected chi connectivity index (χ1v) is 23.4. The van der Waals surface area contributed by atoms with Crippen LogP contribution in [0, 0.1) is 0 Å². The SMILES string of the molecule is [2H]c1c([2H])c([2H])c2c(c1[2H])c1ccccc1n2-c1nc(-c2c(-c3cccc4c3c3ccccc3n4-c3ccccc3)cccc2-n2c3ccccc3c3ccccc32)nc(-n2c3ccccc3c3ccccc32)n1. The maximum absolute atomic E-state index is 9.52. The molecule has 5 heterocycles. The van der Waals surface area contributed by atoms with Crippen molar-refractivity contribution in [2.45, 2.75) is 0 Å². The number of aromatic nitrogens is 7. The van der Waals surface area contributed by atoms with Crippen LogP contribution in [0.3, 0.4) is 0 Å². The average molecular weight is 898 g/mol. The highest BCUT2D eigenvalue weighted by Gasteiger charge is 2.27. The van der Waals surface area contributed by atoms with Gasteiger partial charge in [0, 0.05) is 48.8 Å². The summed E-state index contributed by atoms with van der Waals surface area (Å²) < 4.78 is 45.1. The number of hydrogen-bond donors (Lipinski definition) is 0. The minimum Gasteiger partial charge on any atom is -0.309 e. The first-order chi connectivity index (χ1) is 36.4. The van der Waals surface area contributed by atoms with Gasteiger partial charge in [0.2, 0.25) is 11.9 Å². The summed E-state index contributed by atoms with van der Waals surface area (Å²) in [5.41, 5.74) is 11.4. The van der Waals surface area contributed by atoms with Crippen LogP contribution in [-0.2, 0) is 0 Å². The Morgan fingerprint density at radius 1 is 0.300 bits per heavy atom. The van der Waals surface area contributed by atoms with Crippen LogP contribution < -0.4 is 0 Å². The number of fused-ring (bicyclic) bond motifs is 12. The van der Waals surface area contributed by atoms with E-state index in [0.717, 1.165) is 93.5 Å². The highest BCUT2D eigenvalue weighted by atomic mass is 15.3. The summed E-state index contributed by atoms with van der Waals surface area (Å²) in [7, 11) is 0. The Labute approximate surface area is 406 Å². The van der Waals surface area contributed by atoms with Crippen molar-refractivity contribution in [3.05, 3.63) is 236 Å². The van der Waals surface area contributed by atoms with E-state index in [0.29, 0.717) is 28.1 Å². The largest absolute Gasteiger partial charge is 0.309 e. The minimum atomic E-state index is -0.342. The normalized spacial score (nSPS) is 12.8. The molecule has 15 aromatic rings. The van der Waals surface area contributed by atoms with Gasteiger partial charge in [0.25, 0.3) is 0 Å². The van der Waals surface area contributed by atoms with Gasteiger partial charge in [-0.15, -0.1) is 0 Å². The van der Waals surface area contributed by atoms with Crippen molar-refractivity contribution in [2.24, 2.45) is 0 Å². The average Bonchev–Trinajstić information content (AvgIpc) is 4.23. The first kappa shape index (κ1) is 34.7. The second-order valence-corrected chi connectivity index (χ2v) is 17.7. The molecule has 0 unspecified atom stereocenters. The highest BCUT2D eigenvalue weighted by Crippen LogP contribution is 2.45. The van der Waals surface area contributed by atoms with Crippen LogP contribution in [0.25, 0.3) is 133 Å². The molecular formula is C63H39N7. The summed E-state index contributed by atoms with van der Waals surface area (Å²) >= 11 is 0. The molecule has 0 fully saturated rings. The predicted octanol–water partition coefficient (Wildman–Crippen LogP) is 15.6. The van der Waals surface area contributed by atoms with Gasteiger partial charge >= 0.3 is 0 Å². The van der Waals surface area contributed by atoms with Crippen molar-refractivity contribution < 1.29 is 5.48 Å². The maximum atomic E-state index is 9.52. The number of para-hydroxylation sites is 8. The molecule has 0 aliphatic heterocycles. The van der Waals surface area contributed by atoms with Crippen LogP contribution in [0.1, 0.15) is 5.48 Å². The molecule has 5 aromatic heterocycles. The van der Waals surface area contributed by atoms with Crippen molar-refractivity contribution in [3.8, 4) is 45.8 Å². The molecule has 7 heteroatoms. The molecule has 0 N–H and O–H groups in total. The topological polar surface area (TPSA) is 58.4 Å². The Hall–Kier alpha value is -9.59. The standard InChI is InChI=1S/C63H39N7/c1-2-20-40(21-3-1)67-56-37-17-10-28-49(56)59-47(29-18-38-57(59)67)48-30-19-39-58(68-50-31-11-4-22-41(50)42-23-5-12-32-51(42)68)60(48)61-64-62(69-52-33-13-6-24-43(52)44-25-7-14-34-53(44)69)66-63(65-61)70-54-35-15-8-26-45(54)46-27-9-16-36-55(46)70/h1-39H/i6D,13D,24D,33D. The lowest BCUT2D eigenvalue weighted by Gasteiger charge is -2.19. The zero-order chi connectivity index (χ0) is 49.3. The summed E-state index contributed by atoms with van der Waals surface area (Å²) in [6.45, 7) is 0. The Kier molecular flexibility index (Phi) is 7.41. The molecule has 0 aliphatic carbocycles. The van der Waals surface area contributed by atoms with Gasteiger partial charge in [-0.3, -0.25) is 9.13 Å². The van der Waals surface area contributed by atoms with Crippen molar-refractivity contribution in [1.82, 2.24) is 33.2 Å². The van der Waals surface area contributed by atoms with Crippen molar-refractivity contribution in [3.63, 3.8) is 0 Å². The van der Waals surface area contributed by atoms with Crippen LogP contribution >= 0.6 is 0 Å². The fourth-order valence-electron chi connectivity index (χ4n) is 11.1. The molecule has 15 rings (SSSR count). The van der Waals surface area contributed by atoms with Crippen LogP contribution in [0.2, 0.25) is 0 Å². The second-order valence-electron chi connectivity index (χ2n) is 17.7. The molecule has 0 radical (unpaired) electrons. The van der Waals surface area contributed by atoms with Crippen LogP contribution in [-0.4, -0.2) is 33.2 Å². The van der Waals surface area contributed by atoms with E-state index in [1.165, 1.54) is 0 Å². The number of rotatable bonds is 6. The molecule has 70 heavy (non-hydrogen) atoms. The molecule has 326 valence electrons. The molecule has 0 saturated carbocycles. The fraction of sp³-hybridized carbons (Fsp3) is 0. The quantitative estimate of drug-likeness (QED) is 0.167. The molecule has 0 aliphatic rings. The molecule has 0 spiro atoms. The lowest BCUT2D eigenvalue weighted by molar-refractivity contribution is 0.892. The Bertz CT molecular complexity index is 4750. The lowest BCUT2D eigenvalue weighted by atomic mass is 9.93. The summed E-state index contributed by atoms with van der Waals surface area (Å²) in [4.78, 5) is 16.7. The van der Waals surface area contributed by atoms with Crippen LogP contribution in [0.4, 0.5) is 0 Å². The van der Waals surface area contributed by atoms with E-state index >= 15 is 0 Å². The van der Waals surface area contributed by atoms with Crippen LogP contribution in [0.15, 0.2) is 236 Å². The molecule has 0 amide bonds. The Morgan fingerprint density at radius 3 is 1.31 bits per heavy atom. The van der Waals surface area contributed by atoms with E-state index in [9.17, 15) is 2.74 Å². The van der Waals surface area contributed by atoms with Gasteiger partial charge in [0.05, 0.1) is 60.9 Å². The van der Waals surface area contributed by atoms with Gasteiger partial charge in [-0.2, -0.15) is 15.0 Å². The zero-order valence-corrected chi connectivity index (χ0v) is 37.3. The predicted molar refractivity (Wildman–Crippen MR) is 288 cm³/mol. The van der Waals surface area contributed by atoms with E-state index in [2.05, 4.69) is 171 Å². The fourth-order valence-corrected chi connectivity index (χ4v) is 11.1. The summed E-state index contributed by atoms with van der Waals surface area (Å²) in [6.07, 6.45) is 0. The van der Waals surface area contributed by atoms with Gasteiger partial charge in [0.15, 0.2) is 5.82 Å². The summed E-state index contributed by atoms with van der Waals surface area (Å²) in [6, 6.07) is 72.1. The number of benzene rings is 10. The maximum Gasteiger partial charge on any atom is 0.240 e. The van der Waals surface area contributed by atoms with E-state index in [-0.39, 0.29) is 35.6 Å². The van der Waals surface area contributed by atoms with Gasteiger partial charge in [-0.1, -0.05) is 170 Å². The molecule has 0 atom stereocenters. The van der Waals surface area contributed by atoms with E-state index in [4.69, 9.17) is 17.7 Å². The van der Waals surface area contributed by atoms with Gasteiger partial charge in [-0.05, 0) is 77.8 Å². The third-order valence-electron chi connectivity index (χ3n) is 14.0. The minimum absolute atomic E-state index is 0.130. The van der Waals surface area contributed by atoms with Crippen molar-refractivity contribution >= 4 is 87.2 Å². The Balaban J connectivity index is 1.14. The monoisotopic (exact) mass is 897 g/mol. The van der Waals surface area contributed by atoms with Gasteiger partial charge in [-0.25, -0.2) is 0 Å². The van der Waals surface area contributed by atoms with E-state index < -0.39 is 0 Å². The molecule has 0 bridgehead atoms. The third-order valence-corrected chi connectivity index (χ3v) is 14.0. The summed E-state index contributed by atoms with van der Waals surface area (Å²) in [5.74, 6) is 0.913. The smallest absolute Gasteiger partial charge is 0.240 e. The van der Waals surface area contributed by atoms with Crippen molar-refractivity contribution in [2.75, 3.05) is 0 Å². The van der Waals surface area contributed by atoms with Crippen molar-refractivity contribution in [1.29, 1.82) is 0 Å². The summed E-state index contributed by atoms with van der Waals surface area (Å²) in [5, 5.41) is 7.49. The molecule has 0 saturated heterocycles. The van der Waals surface area contributed by atoms with Gasteiger partial charge < -0.3 is 9.13 Å². The Morgan fingerprint density at radius 2 is 0.729 bits per heavy atom. The van der Waals surface area contributed by atoms with E-state index in [1.54, 1.807) is 4.57 Å². The first-order valence-electron chi connectivity index (χ1n) is 25.4. The zero-order valence-electron chi connectivity index (χ0n) is 41.3. The van der Waals surface area contributed by atoms with Crippen LogP contribution in [0.5, 0.6) is 0 Å². The molecule has 7 nitrogen and oxygen atoms in total. The van der Waals surface area contributed by atoms with Gasteiger partial charge in [0.1, 0.15) is 0 Å². The van der Waals surface area contributed by atoms with E-state index in [1.807, 2.05) is 54.6 Å². The number of nitrogens with zero attached hydrogens (tertiary/aromatic N) is 7.